The summed E-state index contributed by atoms with van der Waals surface area (Å²) in [5.74, 6) is -0.745. The summed E-state index contributed by atoms with van der Waals surface area (Å²) in [5.41, 5.74) is 3.34. The molecule has 4 nitrogen and oxygen atoms in total. The van der Waals surface area contributed by atoms with E-state index in [2.05, 4.69) is 5.32 Å². The molecule has 0 saturated heterocycles. The fourth-order valence-electron chi connectivity index (χ4n) is 2.66. The number of nitrogens with one attached hydrogen (secondary N) is 1. The molecule has 2 aromatic rings. The summed E-state index contributed by atoms with van der Waals surface area (Å²) >= 11 is 0. The lowest BCUT2D eigenvalue weighted by Crippen LogP contribution is -2.38. The average molecular weight is 342 g/mol. The van der Waals surface area contributed by atoms with Crippen LogP contribution in [0.4, 0.5) is 10.1 Å². The molecule has 0 saturated carbocycles. The molecule has 2 amide bonds. The van der Waals surface area contributed by atoms with Gasteiger partial charge in [-0.1, -0.05) is 30.3 Å². The first-order valence-electron chi connectivity index (χ1n) is 8.24. The number of carbonyl (C=O) groups is 2. The highest BCUT2D eigenvalue weighted by molar-refractivity contribution is 5.92. The second kappa shape index (κ2) is 8.42. The van der Waals surface area contributed by atoms with Gasteiger partial charge < -0.3 is 10.2 Å². The van der Waals surface area contributed by atoms with Crippen molar-refractivity contribution in [2.45, 2.75) is 27.2 Å². The van der Waals surface area contributed by atoms with Crippen LogP contribution < -0.4 is 10.2 Å². The Morgan fingerprint density at radius 1 is 1.08 bits per heavy atom. The quantitative estimate of drug-likeness (QED) is 0.877. The summed E-state index contributed by atoms with van der Waals surface area (Å²) in [6.07, 6.45) is -0.0176. The summed E-state index contributed by atoms with van der Waals surface area (Å²) in [6.45, 7) is 6.14. The molecule has 0 aliphatic heterocycles. The maximum Gasteiger partial charge on any atom is 0.224 e. The third kappa shape index (κ3) is 4.89. The normalized spacial score (nSPS) is 10.4. The van der Waals surface area contributed by atoms with Crippen molar-refractivity contribution in [2.24, 2.45) is 0 Å². The van der Waals surface area contributed by atoms with E-state index in [1.54, 1.807) is 23.1 Å². The van der Waals surface area contributed by atoms with Gasteiger partial charge in [0.2, 0.25) is 11.8 Å². The Kier molecular flexibility index (Phi) is 6.28. The third-order valence-electron chi connectivity index (χ3n) is 4.21. The second-order valence-corrected chi connectivity index (χ2v) is 6.01. The molecule has 0 unspecified atom stereocenters. The Bertz CT molecular complexity index is 774. The van der Waals surface area contributed by atoms with E-state index in [4.69, 9.17) is 0 Å². The molecule has 0 fully saturated rings. The number of halogens is 1. The maximum absolute atomic E-state index is 13.6. The van der Waals surface area contributed by atoms with Crippen molar-refractivity contribution in [3.05, 3.63) is 65.0 Å². The van der Waals surface area contributed by atoms with Gasteiger partial charge in [0.25, 0.3) is 0 Å². The standard InChI is InChI=1S/C20H23FN2O2/c1-14-7-6-10-19(15(14)2)23(16(3)24)12-11-22-20(25)13-17-8-4-5-9-18(17)21/h4-10H,11-13H2,1-3H3,(H,22,25). The van der Waals surface area contributed by atoms with Crippen LogP contribution in [0.3, 0.4) is 0 Å². The molecule has 0 heterocycles. The lowest BCUT2D eigenvalue weighted by Gasteiger charge is -2.24. The summed E-state index contributed by atoms with van der Waals surface area (Å²) in [5, 5.41) is 2.75. The minimum atomic E-state index is -0.390. The van der Waals surface area contributed by atoms with Crippen LogP contribution in [-0.2, 0) is 16.0 Å². The van der Waals surface area contributed by atoms with Crippen LogP contribution in [0.2, 0.25) is 0 Å². The fourth-order valence-corrected chi connectivity index (χ4v) is 2.66. The Morgan fingerprint density at radius 3 is 2.48 bits per heavy atom. The molecular formula is C20H23FN2O2. The van der Waals surface area contributed by atoms with Crippen LogP contribution in [0.5, 0.6) is 0 Å². The molecule has 1 N–H and O–H groups in total. The highest BCUT2D eigenvalue weighted by Crippen LogP contribution is 2.22. The van der Waals surface area contributed by atoms with E-state index in [1.165, 1.54) is 13.0 Å². The highest BCUT2D eigenvalue weighted by Gasteiger charge is 2.15. The lowest BCUT2D eigenvalue weighted by molar-refractivity contribution is -0.121. The minimum Gasteiger partial charge on any atom is -0.354 e. The van der Waals surface area contributed by atoms with Gasteiger partial charge in [0.1, 0.15) is 5.82 Å². The Balaban J connectivity index is 1.96. The van der Waals surface area contributed by atoms with E-state index in [0.29, 0.717) is 18.7 Å². The Morgan fingerprint density at radius 2 is 1.80 bits per heavy atom. The van der Waals surface area contributed by atoms with Crippen LogP contribution in [0.15, 0.2) is 42.5 Å². The third-order valence-corrected chi connectivity index (χ3v) is 4.21. The number of carbonyl (C=O) groups excluding carboxylic acids is 2. The van der Waals surface area contributed by atoms with Gasteiger partial charge in [0.05, 0.1) is 6.42 Å². The summed E-state index contributed by atoms with van der Waals surface area (Å²) in [4.78, 5) is 25.6. The lowest BCUT2D eigenvalue weighted by atomic mass is 10.1. The van der Waals surface area contributed by atoms with Gasteiger partial charge in [0, 0.05) is 25.7 Å². The molecule has 0 aromatic heterocycles. The zero-order valence-corrected chi connectivity index (χ0v) is 14.8. The zero-order valence-electron chi connectivity index (χ0n) is 14.8. The number of hydrogen-bond donors (Lipinski definition) is 1. The van der Waals surface area contributed by atoms with Crippen molar-refractivity contribution in [2.75, 3.05) is 18.0 Å². The van der Waals surface area contributed by atoms with Crippen LogP contribution in [-0.4, -0.2) is 24.9 Å². The van der Waals surface area contributed by atoms with Gasteiger partial charge in [-0.2, -0.15) is 0 Å². The smallest absolute Gasteiger partial charge is 0.224 e. The number of hydrogen-bond acceptors (Lipinski definition) is 2. The van der Waals surface area contributed by atoms with Crippen molar-refractivity contribution in [1.82, 2.24) is 5.32 Å². The molecule has 25 heavy (non-hydrogen) atoms. The van der Waals surface area contributed by atoms with Crippen molar-refractivity contribution in [3.8, 4) is 0 Å². The first-order valence-corrected chi connectivity index (χ1v) is 8.24. The molecule has 0 atom stereocenters. The van der Waals surface area contributed by atoms with Crippen molar-refractivity contribution >= 4 is 17.5 Å². The predicted molar refractivity (Wildman–Crippen MR) is 97.1 cm³/mol. The monoisotopic (exact) mass is 342 g/mol. The molecule has 2 rings (SSSR count). The number of amides is 2. The number of anilines is 1. The molecule has 5 heteroatoms. The van der Waals surface area contributed by atoms with Crippen molar-refractivity contribution in [3.63, 3.8) is 0 Å². The molecule has 2 aromatic carbocycles. The van der Waals surface area contributed by atoms with Gasteiger partial charge in [-0.3, -0.25) is 9.59 Å². The topological polar surface area (TPSA) is 49.4 Å². The van der Waals surface area contributed by atoms with Gasteiger partial charge in [-0.15, -0.1) is 0 Å². The van der Waals surface area contributed by atoms with E-state index in [9.17, 15) is 14.0 Å². The maximum atomic E-state index is 13.6. The zero-order chi connectivity index (χ0) is 18.4. The fraction of sp³-hybridized carbons (Fsp3) is 0.300. The number of benzene rings is 2. The minimum absolute atomic E-state index is 0.0176. The largest absolute Gasteiger partial charge is 0.354 e. The van der Waals surface area contributed by atoms with Gasteiger partial charge >= 0.3 is 0 Å². The van der Waals surface area contributed by atoms with Crippen LogP contribution >= 0.6 is 0 Å². The molecular weight excluding hydrogens is 319 g/mol. The van der Waals surface area contributed by atoms with E-state index in [1.807, 2.05) is 32.0 Å². The van der Waals surface area contributed by atoms with Crippen LogP contribution in [0, 0.1) is 19.7 Å². The van der Waals surface area contributed by atoms with E-state index < -0.39 is 5.82 Å². The molecule has 0 aliphatic rings. The highest BCUT2D eigenvalue weighted by atomic mass is 19.1. The summed E-state index contributed by atoms with van der Waals surface area (Å²) in [6, 6.07) is 12.0. The number of aryl methyl sites for hydroxylation is 1. The molecule has 0 bridgehead atoms. The first kappa shape index (κ1) is 18.6. The summed E-state index contributed by atoms with van der Waals surface area (Å²) in [7, 11) is 0. The van der Waals surface area contributed by atoms with Crippen LogP contribution in [0.25, 0.3) is 0 Å². The molecule has 132 valence electrons. The van der Waals surface area contributed by atoms with E-state index >= 15 is 0 Å². The van der Waals surface area contributed by atoms with E-state index in [0.717, 1.165) is 16.8 Å². The SMILES string of the molecule is CC(=O)N(CCNC(=O)Cc1ccccc1F)c1cccc(C)c1C. The van der Waals surface area contributed by atoms with Crippen LogP contribution in [0.1, 0.15) is 23.6 Å². The van der Waals surface area contributed by atoms with Gasteiger partial charge in [-0.25, -0.2) is 4.39 Å². The molecule has 0 aliphatic carbocycles. The Labute approximate surface area is 147 Å². The van der Waals surface area contributed by atoms with Gasteiger partial charge in [0.15, 0.2) is 0 Å². The number of nitrogens with zero attached hydrogens (tertiary/aromatic N) is 1. The molecule has 0 radical (unpaired) electrons. The predicted octanol–water partition coefficient (Wildman–Crippen LogP) is 3.15. The van der Waals surface area contributed by atoms with Crippen molar-refractivity contribution < 1.29 is 14.0 Å². The second-order valence-electron chi connectivity index (χ2n) is 6.01. The Hall–Kier alpha value is -2.69. The summed E-state index contributed by atoms with van der Waals surface area (Å²) < 4.78 is 13.6. The number of rotatable bonds is 6. The van der Waals surface area contributed by atoms with Gasteiger partial charge in [-0.05, 0) is 42.7 Å². The first-order chi connectivity index (χ1) is 11.9. The van der Waals surface area contributed by atoms with E-state index in [-0.39, 0.29) is 18.2 Å². The molecule has 0 spiro atoms. The average Bonchev–Trinajstić information content (AvgIpc) is 2.56. The van der Waals surface area contributed by atoms with Crippen molar-refractivity contribution in [1.29, 1.82) is 0 Å².